The highest BCUT2D eigenvalue weighted by Crippen LogP contribution is 2.36. The Morgan fingerprint density at radius 3 is 2.39 bits per heavy atom. The van der Waals surface area contributed by atoms with Gasteiger partial charge in [0, 0.05) is 20.0 Å². The minimum atomic E-state index is -4.54. The molecule has 0 aromatic heterocycles. The molecule has 6 nitrogen and oxygen atoms in total. The van der Waals surface area contributed by atoms with Crippen LogP contribution < -0.4 is 15.5 Å². The molecule has 9 heteroatoms. The number of ether oxygens (including phenoxy) is 1. The zero-order valence-electron chi connectivity index (χ0n) is 17.0. The quantitative estimate of drug-likeness (QED) is 0.725. The van der Waals surface area contributed by atoms with Crippen LogP contribution >= 0.6 is 0 Å². The smallest absolute Gasteiger partial charge is 0.378 e. The van der Waals surface area contributed by atoms with Crippen LogP contribution in [0.25, 0.3) is 0 Å². The third-order valence-corrected chi connectivity index (χ3v) is 4.92. The molecule has 1 atom stereocenters. The summed E-state index contributed by atoms with van der Waals surface area (Å²) in [7, 11) is 0. The Morgan fingerprint density at radius 2 is 1.77 bits per heavy atom. The number of carbonyl (C=O) groups is 2. The van der Waals surface area contributed by atoms with Crippen LogP contribution in [0.5, 0.6) is 0 Å². The summed E-state index contributed by atoms with van der Waals surface area (Å²) in [6.07, 6.45) is -4.66. The maximum atomic E-state index is 13.3. The van der Waals surface area contributed by atoms with Crippen molar-refractivity contribution in [3.63, 3.8) is 0 Å². The number of carbonyl (C=O) groups excluding carboxylic acids is 2. The van der Waals surface area contributed by atoms with Gasteiger partial charge in [-0.1, -0.05) is 30.3 Å². The van der Waals surface area contributed by atoms with Gasteiger partial charge in [-0.25, -0.2) is 0 Å². The SMILES string of the molecule is CC(=O)NC(CC(=O)Nc1cc(C(F)(F)F)ccc1N1CCOCC1)c1ccccc1. The number of nitrogens with zero attached hydrogens (tertiary/aromatic N) is 1. The number of halogens is 3. The summed E-state index contributed by atoms with van der Waals surface area (Å²) in [6, 6.07) is 11.6. The van der Waals surface area contributed by atoms with Gasteiger partial charge in [0.1, 0.15) is 0 Å². The van der Waals surface area contributed by atoms with Gasteiger partial charge < -0.3 is 20.3 Å². The molecule has 0 saturated carbocycles. The van der Waals surface area contributed by atoms with Crippen molar-refractivity contribution in [1.82, 2.24) is 5.32 Å². The lowest BCUT2D eigenvalue weighted by molar-refractivity contribution is -0.137. The lowest BCUT2D eigenvalue weighted by Crippen LogP contribution is -2.37. The Labute approximate surface area is 178 Å². The summed E-state index contributed by atoms with van der Waals surface area (Å²) in [5.74, 6) is -0.814. The van der Waals surface area contributed by atoms with Crippen molar-refractivity contribution >= 4 is 23.2 Å². The van der Waals surface area contributed by atoms with E-state index in [-0.39, 0.29) is 18.0 Å². The predicted octanol–water partition coefficient (Wildman–Crippen LogP) is 3.75. The first kappa shape index (κ1) is 22.6. The standard InChI is InChI=1S/C22H24F3N3O3/c1-15(29)26-18(16-5-3-2-4-6-16)14-21(30)27-19-13-17(22(23,24)25)7-8-20(19)28-9-11-31-12-10-28/h2-8,13,18H,9-12,14H2,1H3,(H,26,29)(H,27,30). The number of rotatable bonds is 6. The van der Waals surface area contributed by atoms with Crippen LogP contribution in [0.4, 0.5) is 24.5 Å². The van der Waals surface area contributed by atoms with Gasteiger partial charge in [0.05, 0.1) is 42.6 Å². The van der Waals surface area contributed by atoms with Crippen LogP contribution in [0.1, 0.15) is 30.5 Å². The Balaban J connectivity index is 1.84. The molecule has 0 aliphatic carbocycles. The van der Waals surface area contributed by atoms with Crippen LogP contribution in [0, 0.1) is 0 Å². The molecule has 31 heavy (non-hydrogen) atoms. The molecule has 2 amide bonds. The van der Waals surface area contributed by atoms with Crippen molar-refractivity contribution < 1.29 is 27.5 Å². The molecule has 0 radical (unpaired) electrons. The molecular formula is C22H24F3N3O3. The first-order chi connectivity index (χ1) is 14.7. The fourth-order valence-corrected chi connectivity index (χ4v) is 3.46. The number of amides is 2. The maximum absolute atomic E-state index is 13.3. The van der Waals surface area contributed by atoms with Gasteiger partial charge in [-0.05, 0) is 23.8 Å². The van der Waals surface area contributed by atoms with Gasteiger partial charge in [-0.3, -0.25) is 9.59 Å². The fraction of sp³-hybridized carbons (Fsp3) is 0.364. The second-order valence-corrected chi connectivity index (χ2v) is 7.25. The van der Waals surface area contributed by atoms with Gasteiger partial charge in [0.15, 0.2) is 0 Å². The molecular weight excluding hydrogens is 411 g/mol. The summed E-state index contributed by atoms with van der Waals surface area (Å²) < 4.78 is 45.1. The molecule has 1 aliphatic heterocycles. The van der Waals surface area contributed by atoms with Crippen LogP contribution in [-0.2, 0) is 20.5 Å². The van der Waals surface area contributed by atoms with Crippen molar-refractivity contribution in [2.75, 3.05) is 36.5 Å². The molecule has 1 aliphatic rings. The number of alkyl halides is 3. The molecule has 1 saturated heterocycles. The zero-order chi connectivity index (χ0) is 22.4. The van der Waals surface area contributed by atoms with E-state index < -0.39 is 23.7 Å². The normalized spacial score (nSPS) is 15.3. The monoisotopic (exact) mass is 435 g/mol. The van der Waals surface area contributed by atoms with Gasteiger partial charge in [-0.15, -0.1) is 0 Å². The number of morpholine rings is 1. The van der Waals surface area contributed by atoms with E-state index in [0.717, 1.165) is 17.7 Å². The molecule has 1 fully saturated rings. The predicted molar refractivity (Wildman–Crippen MR) is 111 cm³/mol. The number of hydrogen-bond acceptors (Lipinski definition) is 4. The molecule has 2 aromatic carbocycles. The molecule has 3 rings (SSSR count). The average molecular weight is 435 g/mol. The van der Waals surface area contributed by atoms with E-state index in [9.17, 15) is 22.8 Å². The summed E-state index contributed by atoms with van der Waals surface area (Å²) in [5, 5.41) is 5.34. The number of hydrogen-bond donors (Lipinski definition) is 2. The van der Waals surface area contributed by atoms with E-state index >= 15 is 0 Å². The highest BCUT2D eigenvalue weighted by molar-refractivity contribution is 5.95. The highest BCUT2D eigenvalue weighted by atomic mass is 19.4. The van der Waals surface area contributed by atoms with Gasteiger partial charge in [-0.2, -0.15) is 13.2 Å². The second-order valence-electron chi connectivity index (χ2n) is 7.25. The molecule has 2 N–H and O–H groups in total. The lowest BCUT2D eigenvalue weighted by Gasteiger charge is -2.31. The Kier molecular flexibility index (Phi) is 7.17. The Morgan fingerprint density at radius 1 is 1.10 bits per heavy atom. The second kappa shape index (κ2) is 9.82. The van der Waals surface area contributed by atoms with Crippen molar-refractivity contribution in [2.45, 2.75) is 25.6 Å². The summed E-state index contributed by atoms with van der Waals surface area (Å²) in [6.45, 7) is 3.26. The van der Waals surface area contributed by atoms with Crippen LogP contribution in [0.2, 0.25) is 0 Å². The Bertz CT molecular complexity index is 913. The third-order valence-electron chi connectivity index (χ3n) is 4.92. The van der Waals surface area contributed by atoms with Crippen molar-refractivity contribution in [3.05, 3.63) is 59.7 Å². The highest BCUT2D eigenvalue weighted by Gasteiger charge is 2.32. The third kappa shape index (κ3) is 6.21. The summed E-state index contributed by atoms with van der Waals surface area (Å²) >= 11 is 0. The average Bonchev–Trinajstić information content (AvgIpc) is 2.73. The van der Waals surface area contributed by atoms with Gasteiger partial charge >= 0.3 is 6.18 Å². The summed E-state index contributed by atoms with van der Waals surface area (Å²) in [4.78, 5) is 26.3. The molecule has 166 valence electrons. The van der Waals surface area contributed by atoms with Crippen molar-refractivity contribution in [1.29, 1.82) is 0 Å². The molecule has 0 bridgehead atoms. The van der Waals surface area contributed by atoms with E-state index in [4.69, 9.17) is 4.74 Å². The maximum Gasteiger partial charge on any atom is 0.416 e. The largest absolute Gasteiger partial charge is 0.416 e. The molecule has 1 unspecified atom stereocenters. The number of benzene rings is 2. The first-order valence-corrected chi connectivity index (χ1v) is 9.90. The Hall–Kier alpha value is -3.07. The minimum absolute atomic E-state index is 0.0800. The van der Waals surface area contributed by atoms with E-state index in [1.807, 2.05) is 11.0 Å². The molecule has 0 spiro atoms. The van der Waals surface area contributed by atoms with Crippen molar-refractivity contribution in [2.24, 2.45) is 0 Å². The van der Waals surface area contributed by atoms with Gasteiger partial charge in [0.2, 0.25) is 11.8 Å². The zero-order valence-corrected chi connectivity index (χ0v) is 17.0. The number of nitrogens with one attached hydrogen (secondary N) is 2. The van der Waals surface area contributed by atoms with Crippen LogP contribution in [-0.4, -0.2) is 38.1 Å². The summed E-state index contributed by atoms with van der Waals surface area (Å²) in [5.41, 5.74) is 0.461. The van der Waals surface area contributed by atoms with E-state index in [1.54, 1.807) is 24.3 Å². The van der Waals surface area contributed by atoms with Crippen LogP contribution in [0.3, 0.4) is 0 Å². The molecule has 2 aromatic rings. The van der Waals surface area contributed by atoms with E-state index in [0.29, 0.717) is 32.0 Å². The lowest BCUT2D eigenvalue weighted by atomic mass is 10.0. The van der Waals surface area contributed by atoms with Crippen LogP contribution in [0.15, 0.2) is 48.5 Å². The van der Waals surface area contributed by atoms with Crippen molar-refractivity contribution in [3.8, 4) is 0 Å². The minimum Gasteiger partial charge on any atom is -0.378 e. The fourth-order valence-electron chi connectivity index (χ4n) is 3.46. The first-order valence-electron chi connectivity index (χ1n) is 9.90. The van der Waals surface area contributed by atoms with E-state index in [2.05, 4.69) is 10.6 Å². The molecule has 1 heterocycles. The van der Waals surface area contributed by atoms with E-state index in [1.165, 1.54) is 13.0 Å². The number of anilines is 2. The topological polar surface area (TPSA) is 70.7 Å². The van der Waals surface area contributed by atoms with Gasteiger partial charge in [0.25, 0.3) is 0 Å².